The van der Waals surface area contributed by atoms with Gasteiger partial charge in [-0.15, -0.1) is 11.6 Å². The third-order valence-corrected chi connectivity index (χ3v) is 4.36. The maximum atomic E-state index is 6.61. The summed E-state index contributed by atoms with van der Waals surface area (Å²) in [6, 6.07) is 14.1. The smallest absolute Gasteiger partial charge is 0.133 e. The van der Waals surface area contributed by atoms with Gasteiger partial charge in [0.25, 0.3) is 0 Å². The van der Waals surface area contributed by atoms with E-state index in [-0.39, 0.29) is 5.38 Å². The zero-order chi connectivity index (χ0) is 15.2. The number of ether oxygens (including phenoxy) is 2. The van der Waals surface area contributed by atoms with Gasteiger partial charge >= 0.3 is 0 Å². The SMILES string of the molecule is COCCOc1ccc(C(Cl)c2ccccc2C)cc1Br. The average Bonchev–Trinajstić information content (AvgIpc) is 2.49. The molecule has 2 rings (SSSR count). The monoisotopic (exact) mass is 368 g/mol. The van der Waals surface area contributed by atoms with Crippen LogP contribution in [-0.4, -0.2) is 20.3 Å². The third-order valence-electron chi connectivity index (χ3n) is 3.26. The summed E-state index contributed by atoms with van der Waals surface area (Å²) >= 11 is 10.1. The van der Waals surface area contributed by atoms with Gasteiger partial charge in [0.1, 0.15) is 12.4 Å². The van der Waals surface area contributed by atoms with Crippen LogP contribution < -0.4 is 4.74 Å². The molecule has 0 aliphatic rings. The molecule has 0 aromatic heterocycles. The zero-order valence-corrected chi connectivity index (χ0v) is 14.4. The standard InChI is InChI=1S/C17H18BrClO2/c1-12-5-3-4-6-14(12)17(19)13-7-8-16(15(18)11-13)21-10-9-20-2/h3-8,11,17H,9-10H2,1-2H3. The van der Waals surface area contributed by atoms with Crippen LogP contribution in [0.5, 0.6) is 5.75 Å². The van der Waals surface area contributed by atoms with E-state index in [4.69, 9.17) is 21.1 Å². The fourth-order valence-electron chi connectivity index (χ4n) is 2.08. The van der Waals surface area contributed by atoms with Crippen LogP contribution in [-0.2, 0) is 4.74 Å². The van der Waals surface area contributed by atoms with Gasteiger partial charge in [-0.3, -0.25) is 0 Å². The average molecular weight is 370 g/mol. The van der Waals surface area contributed by atoms with E-state index in [1.807, 2.05) is 30.3 Å². The highest BCUT2D eigenvalue weighted by molar-refractivity contribution is 9.10. The lowest BCUT2D eigenvalue weighted by Gasteiger charge is -2.15. The van der Waals surface area contributed by atoms with Crippen LogP contribution in [0.3, 0.4) is 0 Å². The molecule has 0 spiro atoms. The molecule has 0 heterocycles. The predicted molar refractivity (Wildman–Crippen MR) is 90.4 cm³/mol. The molecular weight excluding hydrogens is 352 g/mol. The number of hydrogen-bond acceptors (Lipinski definition) is 2. The predicted octanol–water partition coefficient (Wildman–Crippen LogP) is 5.11. The molecule has 0 aliphatic heterocycles. The topological polar surface area (TPSA) is 18.5 Å². The first-order valence-corrected chi connectivity index (χ1v) is 7.97. The Balaban J connectivity index is 2.18. The fraction of sp³-hybridized carbons (Fsp3) is 0.294. The maximum Gasteiger partial charge on any atom is 0.133 e. The van der Waals surface area contributed by atoms with Crippen LogP contribution in [0.1, 0.15) is 22.1 Å². The Kier molecular flexibility index (Phi) is 6.09. The minimum Gasteiger partial charge on any atom is -0.490 e. The minimum absolute atomic E-state index is 0.171. The first-order valence-electron chi connectivity index (χ1n) is 6.74. The van der Waals surface area contributed by atoms with Crippen molar-refractivity contribution in [2.75, 3.05) is 20.3 Å². The number of benzene rings is 2. The molecule has 0 fully saturated rings. The summed E-state index contributed by atoms with van der Waals surface area (Å²) in [5, 5.41) is -0.171. The van der Waals surface area contributed by atoms with E-state index in [0.717, 1.165) is 21.3 Å². The van der Waals surface area contributed by atoms with E-state index in [1.165, 1.54) is 5.56 Å². The van der Waals surface area contributed by atoms with Crippen LogP contribution in [0.4, 0.5) is 0 Å². The minimum atomic E-state index is -0.171. The van der Waals surface area contributed by atoms with Gasteiger partial charge in [-0.05, 0) is 51.7 Å². The van der Waals surface area contributed by atoms with Crippen molar-refractivity contribution in [1.29, 1.82) is 0 Å². The van der Waals surface area contributed by atoms with E-state index in [9.17, 15) is 0 Å². The van der Waals surface area contributed by atoms with Crippen molar-refractivity contribution in [3.8, 4) is 5.75 Å². The van der Waals surface area contributed by atoms with Crippen molar-refractivity contribution in [3.63, 3.8) is 0 Å². The molecule has 0 N–H and O–H groups in total. The Labute approximate surface area is 139 Å². The Morgan fingerprint density at radius 3 is 2.57 bits per heavy atom. The highest BCUT2D eigenvalue weighted by atomic mass is 79.9. The molecule has 2 aromatic carbocycles. The zero-order valence-electron chi connectivity index (χ0n) is 12.1. The lowest BCUT2D eigenvalue weighted by atomic mass is 10.00. The van der Waals surface area contributed by atoms with Gasteiger partial charge < -0.3 is 9.47 Å². The first-order chi connectivity index (χ1) is 10.1. The number of aryl methyl sites for hydroxylation is 1. The summed E-state index contributed by atoms with van der Waals surface area (Å²) in [6.45, 7) is 3.16. The molecule has 2 nitrogen and oxygen atoms in total. The van der Waals surface area contributed by atoms with E-state index < -0.39 is 0 Å². The molecule has 0 bridgehead atoms. The van der Waals surface area contributed by atoms with Gasteiger partial charge in [0.15, 0.2) is 0 Å². The van der Waals surface area contributed by atoms with Gasteiger partial charge in [-0.2, -0.15) is 0 Å². The largest absolute Gasteiger partial charge is 0.490 e. The third kappa shape index (κ3) is 4.22. The van der Waals surface area contributed by atoms with Crippen molar-refractivity contribution in [2.45, 2.75) is 12.3 Å². The molecule has 0 radical (unpaired) electrons. The molecule has 0 saturated carbocycles. The summed E-state index contributed by atoms with van der Waals surface area (Å²) in [5.74, 6) is 0.796. The molecule has 1 atom stereocenters. The van der Waals surface area contributed by atoms with Gasteiger partial charge in [-0.1, -0.05) is 30.3 Å². The quantitative estimate of drug-likeness (QED) is 0.520. The normalized spacial score (nSPS) is 12.2. The second kappa shape index (κ2) is 7.83. The lowest BCUT2D eigenvalue weighted by molar-refractivity contribution is 0.146. The molecule has 4 heteroatoms. The summed E-state index contributed by atoms with van der Waals surface area (Å²) < 4.78 is 11.5. The van der Waals surface area contributed by atoms with Crippen molar-refractivity contribution < 1.29 is 9.47 Å². The van der Waals surface area contributed by atoms with Crippen LogP contribution in [0.25, 0.3) is 0 Å². The number of rotatable bonds is 6. The summed E-state index contributed by atoms with van der Waals surface area (Å²) in [7, 11) is 1.65. The number of methoxy groups -OCH3 is 1. The number of halogens is 2. The molecule has 0 amide bonds. The Morgan fingerprint density at radius 2 is 1.90 bits per heavy atom. The van der Waals surface area contributed by atoms with Crippen molar-refractivity contribution >= 4 is 27.5 Å². The van der Waals surface area contributed by atoms with E-state index in [2.05, 4.69) is 35.0 Å². The number of hydrogen-bond donors (Lipinski definition) is 0. The Morgan fingerprint density at radius 1 is 1.14 bits per heavy atom. The van der Waals surface area contributed by atoms with E-state index in [0.29, 0.717) is 13.2 Å². The Bertz CT molecular complexity index is 601. The van der Waals surface area contributed by atoms with Crippen LogP contribution in [0, 0.1) is 6.92 Å². The highest BCUT2D eigenvalue weighted by Gasteiger charge is 2.14. The maximum absolute atomic E-state index is 6.61. The fourth-order valence-corrected chi connectivity index (χ4v) is 2.97. The second-order valence-electron chi connectivity index (χ2n) is 4.75. The van der Waals surface area contributed by atoms with Gasteiger partial charge in [-0.25, -0.2) is 0 Å². The molecule has 0 aliphatic carbocycles. The second-order valence-corrected chi connectivity index (χ2v) is 6.04. The molecule has 2 aromatic rings. The van der Waals surface area contributed by atoms with E-state index in [1.54, 1.807) is 7.11 Å². The van der Waals surface area contributed by atoms with Crippen molar-refractivity contribution in [1.82, 2.24) is 0 Å². The highest BCUT2D eigenvalue weighted by Crippen LogP contribution is 2.35. The van der Waals surface area contributed by atoms with E-state index >= 15 is 0 Å². The molecule has 112 valence electrons. The van der Waals surface area contributed by atoms with Gasteiger partial charge in [0.2, 0.25) is 0 Å². The first kappa shape index (κ1) is 16.3. The summed E-state index contributed by atoms with van der Waals surface area (Å²) in [4.78, 5) is 0. The van der Waals surface area contributed by atoms with Gasteiger partial charge in [0, 0.05) is 7.11 Å². The summed E-state index contributed by atoms with van der Waals surface area (Å²) in [6.07, 6.45) is 0. The molecule has 1 unspecified atom stereocenters. The molecule has 21 heavy (non-hydrogen) atoms. The van der Waals surface area contributed by atoms with Crippen molar-refractivity contribution in [3.05, 3.63) is 63.6 Å². The van der Waals surface area contributed by atoms with Crippen LogP contribution in [0.15, 0.2) is 46.9 Å². The molecule has 0 saturated heterocycles. The van der Waals surface area contributed by atoms with Crippen LogP contribution in [0.2, 0.25) is 0 Å². The summed E-state index contributed by atoms with van der Waals surface area (Å²) in [5.41, 5.74) is 3.35. The Hall–Kier alpha value is -1.03. The van der Waals surface area contributed by atoms with Crippen LogP contribution >= 0.6 is 27.5 Å². The number of alkyl halides is 1. The van der Waals surface area contributed by atoms with Gasteiger partial charge in [0.05, 0.1) is 16.5 Å². The molecular formula is C17H18BrClO2. The lowest BCUT2D eigenvalue weighted by Crippen LogP contribution is -2.05. The van der Waals surface area contributed by atoms with Crippen molar-refractivity contribution in [2.24, 2.45) is 0 Å².